The van der Waals surface area contributed by atoms with Gasteiger partial charge in [-0.2, -0.15) is 0 Å². The molecule has 0 N–H and O–H groups in total. The lowest BCUT2D eigenvalue weighted by Crippen LogP contribution is -2.17. The second-order valence-electron chi connectivity index (χ2n) is 3.56. The van der Waals surface area contributed by atoms with Crippen LogP contribution in [0.1, 0.15) is 24.2 Å². The van der Waals surface area contributed by atoms with Crippen molar-refractivity contribution in [2.75, 3.05) is 18.1 Å². The maximum atomic E-state index is 11.7. The van der Waals surface area contributed by atoms with Crippen LogP contribution in [-0.4, -0.2) is 32.3 Å². The molecule has 0 unspecified atom stereocenters. The van der Waals surface area contributed by atoms with Crippen molar-refractivity contribution in [3.8, 4) is 5.75 Å². The molecule has 0 amide bonds. The molecule has 0 bridgehead atoms. The maximum Gasteiger partial charge on any atom is 0.177 e. The lowest BCUT2D eigenvalue weighted by molar-refractivity contribution is 0.102. The normalized spacial score (nSPS) is 11.2. The Labute approximate surface area is 102 Å². The summed E-state index contributed by atoms with van der Waals surface area (Å²) in [5.41, 5.74) is 0.394. The van der Waals surface area contributed by atoms with E-state index in [-0.39, 0.29) is 11.5 Å². The Hall–Kier alpha value is -1.36. The van der Waals surface area contributed by atoms with E-state index in [1.807, 2.05) is 6.92 Å². The van der Waals surface area contributed by atoms with Crippen molar-refractivity contribution in [1.29, 1.82) is 0 Å². The second-order valence-corrected chi connectivity index (χ2v) is 5.91. The summed E-state index contributed by atoms with van der Waals surface area (Å²) in [7, 11) is -3.27. The topological polar surface area (TPSA) is 60.4 Å². The zero-order chi connectivity index (χ0) is 12.9. The summed E-state index contributed by atoms with van der Waals surface area (Å²) in [4.78, 5) is 11.7. The average molecular weight is 256 g/mol. The number of benzene rings is 1. The molecule has 0 fully saturated rings. The number of carbonyl (C=O) groups is 1. The molecule has 0 aromatic heterocycles. The molecule has 0 aliphatic rings. The SMILES string of the molecule is CCOc1ccc(C(=O)CS(=O)(=O)CC)cc1. The summed E-state index contributed by atoms with van der Waals surface area (Å²) in [6, 6.07) is 6.49. The van der Waals surface area contributed by atoms with Crippen molar-refractivity contribution in [3.63, 3.8) is 0 Å². The molecule has 0 aliphatic heterocycles. The van der Waals surface area contributed by atoms with E-state index >= 15 is 0 Å². The third-order valence-electron chi connectivity index (χ3n) is 2.28. The number of ketones is 1. The Morgan fingerprint density at radius 2 is 1.76 bits per heavy atom. The van der Waals surface area contributed by atoms with Crippen LogP contribution < -0.4 is 4.74 Å². The molecular formula is C12H16O4S. The van der Waals surface area contributed by atoms with Crippen molar-refractivity contribution in [1.82, 2.24) is 0 Å². The Bertz CT molecular complexity index is 474. The maximum absolute atomic E-state index is 11.7. The molecule has 0 atom stereocenters. The van der Waals surface area contributed by atoms with Crippen LogP contribution in [0.2, 0.25) is 0 Å². The second kappa shape index (κ2) is 5.82. The smallest absolute Gasteiger partial charge is 0.177 e. The van der Waals surface area contributed by atoms with Gasteiger partial charge in [0.25, 0.3) is 0 Å². The largest absolute Gasteiger partial charge is 0.494 e. The van der Waals surface area contributed by atoms with E-state index in [1.165, 1.54) is 6.92 Å². The third kappa shape index (κ3) is 4.19. The Kier molecular flexibility index (Phi) is 4.69. The number of ether oxygens (including phenoxy) is 1. The van der Waals surface area contributed by atoms with Gasteiger partial charge in [-0.25, -0.2) is 8.42 Å². The first-order valence-corrected chi connectivity index (χ1v) is 7.27. The van der Waals surface area contributed by atoms with Gasteiger partial charge >= 0.3 is 0 Å². The molecule has 0 spiro atoms. The minimum Gasteiger partial charge on any atom is -0.494 e. The van der Waals surface area contributed by atoms with Crippen LogP contribution in [0.3, 0.4) is 0 Å². The predicted molar refractivity (Wildman–Crippen MR) is 66.3 cm³/mol. The lowest BCUT2D eigenvalue weighted by Gasteiger charge is -2.04. The van der Waals surface area contributed by atoms with Crippen molar-refractivity contribution >= 4 is 15.6 Å². The van der Waals surface area contributed by atoms with Gasteiger partial charge in [-0.05, 0) is 31.2 Å². The molecule has 94 valence electrons. The number of carbonyl (C=O) groups excluding carboxylic acids is 1. The van der Waals surface area contributed by atoms with E-state index in [2.05, 4.69) is 0 Å². The molecule has 1 aromatic carbocycles. The Morgan fingerprint density at radius 3 is 2.24 bits per heavy atom. The van der Waals surface area contributed by atoms with E-state index in [0.717, 1.165) is 0 Å². The van der Waals surface area contributed by atoms with E-state index in [1.54, 1.807) is 24.3 Å². The van der Waals surface area contributed by atoms with Crippen LogP contribution in [-0.2, 0) is 9.84 Å². The first-order chi connectivity index (χ1) is 7.98. The van der Waals surface area contributed by atoms with E-state index < -0.39 is 15.6 Å². The average Bonchev–Trinajstić information content (AvgIpc) is 2.30. The van der Waals surface area contributed by atoms with Gasteiger partial charge in [0.1, 0.15) is 11.5 Å². The Balaban J connectivity index is 2.77. The van der Waals surface area contributed by atoms with Crippen LogP contribution >= 0.6 is 0 Å². The molecule has 0 saturated heterocycles. The highest BCUT2D eigenvalue weighted by molar-refractivity contribution is 7.92. The van der Waals surface area contributed by atoms with Gasteiger partial charge in [0, 0.05) is 11.3 Å². The fourth-order valence-corrected chi connectivity index (χ4v) is 2.06. The molecule has 0 heterocycles. The number of Topliss-reactive ketones (excluding diaryl/α,β-unsaturated/α-hetero) is 1. The first kappa shape index (κ1) is 13.7. The highest BCUT2D eigenvalue weighted by Crippen LogP contribution is 2.13. The third-order valence-corrected chi connectivity index (χ3v) is 3.86. The van der Waals surface area contributed by atoms with Crippen molar-refractivity contribution < 1.29 is 17.9 Å². The molecule has 4 nitrogen and oxygen atoms in total. The molecule has 17 heavy (non-hydrogen) atoms. The summed E-state index contributed by atoms with van der Waals surface area (Å²) < 4.78 is 27.8. The van der Waals surface area contributed by atoms with Crippen molar-refractivity contribution in [3.05, 3.63) is 29.8 Å². The first-order valence-electron chi connectivity index (χ1n) is 5.45. The minimum atomic E-state index is -3.27. The van der Waals surface area contributed by atoms with Crippen LogP contribution in [0.25, 0.3) is 0 Å². The minimum absolute atomic E-state index is 0.0181. The standard InChI is InChI=1S/C12H16O4S/c1-3-16-11-7-5-10(6-8-11)12(13)9-17(14,15)4-2/h5-8H,3-4,9H2,1-2H3. The van der Waals surface area contributed by atoms with Crippen molar-refractivity contribution in [2.24, 2.45) is 0 Å². The van der Waals surface area contributed by atoms with Crippen LogP contribution in [0.15, 0.2) is 24.3 Å². The van der Waals surface area contributed by atoms with Gasteiger partial charge in [-0.3, -0.25) is 4.79 Å². The monoisotopic (exact) mass is 256 g/mol. The molecule has 0 saturated carbocycles. The van der Waals surface area contributed by atoms with Gasteiger partial charge in [0.15, 0.2) is 15.6 Å². The molecule has 1 aromatic rings. The van der Waals surface area contributed by atoms with E-state index in [0.29, 0.717) is 17.9 Å². The summed E-state index contributed by atoms with van der Waals surface area (Å²) in [5.74, 6) is -0.162. The summed E-state index contributed by atoms with van der Waals surface area (Å²) >= 11 is 0. The molecular weight excluding hydrogens is 240 g/mol. The van der Waals surface area contributed by atoms with Crippen LogP contribution in [0, 0.1) is 0 Å². The highest BCUT2D eigenvalue weighted by Gasteiger charge is 2.15. The summed E-state index contributed by atoms with van der Waals surface area (Å²) in [6.45, 7) is 3.95. The highest BCUT2D eigenvalue weighted by atomic mass is 32.2. The van der Waals surface area contributed by atoms with Crippen molar-refractivity contribution in [2.45, 2.75) is 13.8 Å². The van der Waals surface area contributed by atoms with Gasteiger partial charge in [0.2, 0.25) is 0 Å². The van der Waals surface area contributed by atoms with Crippen LogP contribution in [0.4, 0.5) is 0 Å². The lowest BCUT2D eigenvalue weighted by atomic mass is 10.1. The quantitative estimate of drug-likeness (QED) is 0.727. The van der Waals surface area contributed by atoms with Crippen LogP contribution in [0.5, 0.6) is 5.75 Å². The number of rotatable bonds is 6. The number of hydrogen-bond donors (Lipinski definition) is 0. The predicted octanol–water partition coefficient (Wildman–Crippen LogP) is 1.70. The van der Waals surface area contributed by atoms with Gasteiger partial charge in [-0.15, -0.1) is 0 Å². The Morgan fingerprint density at radius 1 is 1.18 bits per heavy atom. The molecule has 0 aliphatic carbocycles. The number of hydrogen-bond acceptors (Lipinski definition) is 4. The number of sulfone groups is 1. The van der Waals surface area contributed by atoms with Gasteiger partial charge < -0.3 is 4.74 Å². The zero-order valence-electron chi connectivity index (χ0n) is 9.97. The zero-order valence-corrected chi connectivity index (χ0v) is 10.8. The van der Waals surface area contributed by atoms with E-state index in [4.69, 9.17) is 4.74 Å². The summed E-state index contributed by atoms with van der Waals surface area (Å²) in [6.07, 6.45) is 0. The molecule has 1 rings (SSSR count). The molecule has 0 radical (unpaired) electrons. The van der Waals surface area contributed by atoms with E-state index in [9.17, 15) is 13.2 Å². The van der Waals surface area contributed by atoms with Gasteiger partial charge in [0.05, 0.1) is 6.61 Å². The molecule has 5 heteroatoms. The fraction of sp³-hybridized carbons (Fsp3) is 0.417. The summed E-state index contributed by atoms with van der Waals surface area (Å²) in [5, 5.41) is 0. The van der Waals surface area contributed by atoms with Gasteiger partial charge in [-0.1, -0.05) is 6.92 Å². The fourth-order valence-electron chi connectivity index (χ4n) is 1.29.